The Bertz CT molecular complexity index is 1040. The van der Waals surface area contributed by atoms with Crippen molar-refractivity contribution in [3.63, 3.8) is 0 Å². The van der Waals surface area contributed by atoms with E-state index in [4.69, 9.17) is 0 Å². The smallest absolute Gasteiger partial charge is 0.257 e. The van der Waals surface area contributed by atoms with Crippen LogP contribution >= 0.6 is 0 Å². The lowest BCUT2D eigenvalue weighted by Gasteiger charge is -2.34. The molecule has 1 saturated carbocycles. The highest BCUT2D eigenvalue weighted by atomic mass is 32.2. The summed E-state index contributed by atoms with van der Waals surface area (Å²) in [7, 11) is -3.52. The van der Waals surface area contributed by atoms with Gasteiger partial charge in [-0.2, -0.15) is 4.31 Å². The molecule has 162 valence electrons. The van der Waals surface area contributed by atoms with Gasteiger partial charge in [0.2, 0.25) is 10.0 Å². The van der Waals surface area contributed by atoms with Crippen LogP contribution in [0.5, 0.6) is 0 Å². The number of aromatic nitrogens is 1. The van der Waals surface area contributed by atoms with E-state index in [1.165, 1.54) is 12.8 Å². The molecule has 1 aliphatic carbocycles. The molecule has 1 N–H and O–H groups in total. The zero-order valence-electron chi connectivity index (χ0n) is 18.2. The molecule has 0 radical (unpaired) electrons. The fourth-order valence-electron chi connectivity index (χ4n) is 4.76. The molecule has 2 aromatic rings. The summed E-state index contributed by atoms with van der Waals surface area (Å²) in [5.41, 5.74) is 3.36. The van der Waals surface area contributed by atoms with Gasteiger partial charge in [-0.1, -0.05) is 13.8 Å². The Kier molecular flexibility index (Phi) is 5.53. The SMILES string of the molecule is Cc1cc(C(=O)Nc2ccc(S(=O)(=O)N3CC(C)CC(C)C3)cc2)c(C)n1C1CC1. The van der Waals surface area contributed by atoms with Gasteiger partial charge in [-0.25, -0.2) is 8.42 Å². The third-order valence-corrected chi connectivity index (χ3v) is 8.07. The number of carbonyl (C=O) groups excluding carboxylic acids is 1. The summed E-state index contributed by atoms with van der Waals surface area (Å²) in [6.45, 7) is 9.32. The van der Waals surface area contributed by atoms with Crippen LogP contribution in [0.2, 0.25) is 0 Å². The number of rotatable bonds is 5. The summed E-state index contributed by atoms with van der Waals surface area (Å²) < 4.78 is 29.9. The summed E-state index contributed by atoms with van der Waals surface area (Å²) in [4.78, 5) is 13.1. The van der Waals surface area contributed by atoms with Crippen LogP contribution in [-0.4, -0.2) is 36.3 Å². The average molecular weight is 430 g/mol. The van der Waals surface area contributed by atoms with Gasteiger partial charge in [0, 0.05) is 36.2 Å². The van der Waals surface area contributed by atoms with E-state index in [1.807, 2.05) is 19.9 Å². The number of piperidine rings is 1. The quantitative estimate of drug-likeness (QED) is 0.768. The number of hydrogen-bond acceptors (Lipinski definition) is 3. The average Bonchev–Trinajstić information content (AvgIpc) is 3.46. The van der Waals surface area contributed by atoms with Gasteiger partial charge < -0.3 is 9.88 Å². The van der Waals surface area contributed by atoms with Crippen LogP contribution in [-0.2, 0) is 10.0 Å². The number of carbonyl (C=O) groups is 1. The zero-order chi connectivity index (χ0) is 21.6. The van der Waals surface area contributed by atoms with E-state index in [0.29, 0.717) is 42.2 Å². The number of benzene rings is 1. The van der Waals surface area contributed by atoms with Gasteiger partial charge in [0.15, 0.2) is 0 Å². The van der Waals surface area contributed by atoms with Crippen LogP contribution in [0.4, 0.5) is 5.69 Å². The fourth-order valence-corrected chi connectivity index (χ4v) is 6.44. The number of amides is 1. The van der Waals surface area contributed by atoms with E-state index >= 15 is 0 Å². The summed E-state index contributed by atoms with van der Waals surface area (Å²) in [5, 5.41) is 2.91. The minimum atomic E-state index is -3.52. The van der Waals surface area contributed by atoms with Crippen molar-refractivity contribution in [1.82, 2.24) is 8.87 Å². The second-order valence-electron chi connectivity index (χ2n) is 9.13. The van der Waals surface area contributed by atoms with Crippen LogP contribution in [0.25, 0.3) is 0 Å². The highest BCUT2D eigenvalue weighted by Gasteiger charge is 2.32. The van der Waals surface area contributed by atoms with E-state index in [-0.39, 0.29) is 10.8 Å². The van der Waals surface area contributed by atoms with E-state index in [1.54, 1.807) is 28.6 Å². The van der Waals surface area contributed by atoms with Gasteiger partial charge in [0.05, 0.1) is 10.5 Å². The molecule has 1 aromatic carbocycles. The summed E-state index contributed by atoms with van der Waals surface area (Å²) >= 11 is 0. The van der Waals surface area contributed by atoms with Crippen molar-refractivity contribution in [2.24, 2.45) is 11.8 Å². The van der Waals surface area contributed by atoms with E-state index in [2.05, 4.69) is 23.7 Å². The third kappa shape index (κ3) is 4.05. The Hall–Kier alpha value is -2.12. The molecule has 6 nitrogen and oxygen atoms in total. The molecule has 0 spiro atoms. The first kappa shape index (κ1) is 21.1. The number of nitrogens with one attached hydrogen (secondary N) is 1. The lowest BCUT2D eigenvalue weighted by atomic mass is 9.94. The lowest BCUT2D eigenvalue weighted by Crippen LogP contribution is -2.42. The largest absolute Gasteiger partial charge is 0.345 e. The standard InChI is InChI=1S/C23H31N3O3S/c1-15-11-16(2)14-25(13-15)30(28,29)21-9-5-19(6-10-21)24-23(27)22-12-17(3)26(18(22)4)20-7-8-20/h5-6,9-10,12,15-16,20H,7-8,11,13-14H2,1-4H3,(H,24,27). The molecule has 2 fully saturated rings. The molecule has 1 aromatic heterocycles. The predicted octanol–water partition coefficient (Wildman–Crippen LogP) is 4.36. The van der Waals surface area contributed by atoms with Crippen LogP contribution in [0.3, 0.4) is 0 Å². The molecule has 0 bridgehead atoms. The Morgan fingerprint density at radius 3 is 2.20 bits per heavy atom. The second kappa shape index (κ2) is 7.85. The number of sulfonamides is 1. The van der Waals surface area contributed by atoms with Gasteiger partial charge >= 0.3 is 0 Å². The first-order chi connectivity index (χ1) is 14.2. The van der Waals surface area contributed by atoms with Crippen molar-refractivity contribution < 1.29 is 13.2 Å². The predicted molar refractivity (Wildman–Crippen MR) is 118 cm³/mol. The molecular formula is C23H31N3O3S. The highest BCUT2D eigenvalue weighted by molar-refractivity contribution is 7.89. The van der Waals surface area contributed by atoms with Crippen LogP contribution in [0, 0.1) is 25.7 Å². The third-order valence-electron chi connectivity index (χ3n) is 6.23. The summed E-state index contributed by atoms with van der Waals surface area (Å²) in [6, 6.07) is 8.96. The Labute approximate surface area is 179 Å². The van der Waals surface area contributed by atoms with Gasteiger partial charge in [-0.05, 0) is 75.3 Å². The first-order valence-electron chi connectivity index (χ1n) is 10.8. The Morgan fingerprint density at radius 1 is 1.03 bits per heavy atom. The van der Waals surface area contributed by atoms with Crippen LogP contribution in [0.1, 0.15) is 60.9 Å². The Balaban J connectivity index is 1.49. The zero-order valence-corrected chi connectivity index (χ0v) is 19.0. The first-order valence-corrected chi connectivity index (χ1v) is 12.2. The monoisotopic (exact) mass is 429 g/mol. The molecule has 1 amide bonds. The lowest BCUT2D eigenvalue weighted by molar-refractivity contribution is 0.102. The minimum absolute atomic E-state index is 0.163. The van der Waals surface area contributed by atoms with Gasteiger partial charge in [0.1, 0.15) is 0 Å². The van der Waals surface area contributed by atoms with E-state index < -0.39 is 10.0 Å². The molecule has 30 heavy (non-hydrogen) atoms. The summed E-state index contributed by atoms with van der Waals surface area (Å²) in [5.74, 6) is 0.553. The highest BCUT2D eigenvalue weighted by Crippen LogP contribution is 2.38. The fraction of sp³-hybridized carbons (Fsp3) is 0.522. The van der Waals surface area contributed by atoms with Crippen molar-refractivity contribution >= 4 is 21.6 Å². The Morgan fingerprint density at radius 2 is 1.63 bits per heavy atom. The maximum Gasteiger partial charge on any atom is 0.257 e. The number of nitrogens with zero attached hydrogens (tertiary/aromatic N) is 2. The van der Waals surface area contributed by atoms with Crippen molar-refractivity contribution in [1.29, 1.82) is 0 Å². The normalized spacial score (nSPS) is 22.8. The minimum Gasteiger partial charge on any atom is -0.345 e. The van der Waals surface area contributed by atoms with E-state index in [0.717, 1.165) is 17.8 Å². The van der Waals surface area contributed by atoms with Gasteiger partial charge in [-0.3, -0.25) is 4.79 Å². The van der Waals surface area contributed by atoms with Crippen molar-refractivity contribution in [3.05, 3.63) is 47.3 Å². The molecule has 4 rings (SSSR count). The van der Waals surface area contributed by atoms with Gasteiger partial charge in [-0.15, -0.1) is 0 Å². The molecule has 1 saturated heterocycles. The second-order valence-corrected chi connectivity index (χ2v) is 11.1. The van der Waals surface area contributed by atoms with Crippen molar-refractivity contribution in [2.75, 3.05) is 18.4 Å². The molecule has 7 heteroatoms. The van der Waals surface area contributed by atoms with Crippen molar-refractivity contribution in [3.8, 4) is 0 Å². The van der Waals surface area contributed by atoms with Crippen LogP contribution < -0.4 is 5.32 Å². The number of hydrogen-bond donors (Lipinski definition) is 1. The topological polar surface area (TPSA) is 71.4 Å². The molecule has 2 atom stereocenters. The molecule has 1 aliphatic heterocycles. The summed E-state index contributed by atoms with van der Waals surface area (Å²) in [6.07, 6.45) is 3.39. The van der Waals surface area contributed by atoms with Crippen molar-refractivity contribution in [2.45, 2.75) is 57.9 Å². The number of anilines is 1. The van der Waals surface area contributed by atoms with Crippen LogP contribution in [0.15, 0.2) is 35.2 Å². The maximum atomic E-state index is 13.0. The van der Waals surface area contributed by atoms with Gasteiger partial charge in [0.25, 0.3) is 5.91 Å². The molecule has 2 heterocycles. The maximum absolute atomic E-state index is 13.0. The molecule has 2 aliphatic rings. The molecular weight excluding hydrogens is 398 g/mol. The molecule has 2 unspecified atom stereocenters. The number of aryl methyl sites for hydroxylation is 1. The van der Waals surface area contributed by atoms with E-state index in [9.17, 15) is 13.2 Å².